The van der Waals surface area contributed by atoms with E-state index in [4.69, 9.17) is 0 Å². The van der Waals surface area contributed by atoms with Crippen molar-refractivity contribution < 1.29 is 4.79 Å². The van der Waals surface area contributed by atoms with Crippen LogP contribution in [0.15, 0.2) is 48.8 Å². The highest BCUT2D eigenvalue weighted by atomic mass is 16.1. The van der Waals surface area contributed by atoms with Gasteiger partial charge in [0.05, 0.1) is 5.69 Å². The zero-order valence-corrected chi connectivity index (χ0v) is 12.4. The first-order valence-corrected chi connectivity index (χ1v) is 6.98. The maximum atomic E-state index is 12.3. The Labute approximate surface area is 128 Å². The molecule has 22 heavy (non-hydrogen) atoms. The number of nitrogens with one attached hydrogen (secondary N) is 2. The van der Waals surface area contributed by atoms with E-state index in [0.717, 1.165) is 22.4 Å². The molecule has 0 saturated carbocycles. The maximum Gasteiger partial charge on any atom is 0.273 e. The Hall–Kier alpha value is -2.95. The van der Waals surface area contributed by atoms with Gasteiger partial charge >= 0.3 is 0 Å². The van der Waals surface area contributed by atoms with Gasteiger partial charge in [0.15, 0.2) is 0 Å². The van der Waals surface area contributed by atoms with Crippen molar-refractivity contribution in [1.82, 2.24) is 15.2 Å². The summed E-state index contributed by atoms with van der Waals surface area (Å²) in [5.74, 6) is -0.213. The summed E-state index contributed by atoms with van der Waals surface area (Å²) >= 11 is 0. The summed E-state index contributed by atoms with van der Waals surface area (Å²) < 4.78 is 0. The molecule has 2 heterocycles. The lowest BCUT2D eigenvalue weighted by Gasteiger charge is -2.07. The molecule has 0 aliphatic rings. The highest BCUT2D eigenvalue weighted by Crippen LogP contribution is 2.19. The van der Waals surface area contributed by atoms with E-state index < -0.39 is 0 Å². The summed E-state index contributed by atoms with van der Waals surface area (Å²) in [6, 6.07) is 11.4. The molecule has 0 aliphatic heterocycles. The quantitative estimate of drug-likeness (QED) is 0.777. The predicted molar refractivity (Wildman–Crippen MR) is 85.7 cm³/mol. The third kappa shape index (κ3) is 2.88. The van der Waals surface area contributed by atoms with Crippen LogP contribution in [0.4, 0.5) is 5.69 Å². The van der Waals surface area contributed by atoms with Gasteiger partial charge < -0.3 is 5.32 Å². The molecular formula is C17H16N4O. The Balaban J connectivity index is 1.80. The molecule has 0 aliphatic carbocycles. The van der Waals surface area contributed by atoms with E-state index in [1.807, 2.05) is 44.2 Å². The van der Waals surface area contributed by atoms with Crippen LogP contribution in [-0.4, -0.2) is 21.1 Å². The van der Waals surface area contributed by atoms with Crippen LogP contribution in [0, 0.1) is 13.8 Å². The number of carbonyl (C=O) groups excluding carboxylic acids is 1. The topological polar surface area (TPSA) is 70.7 Å². The SMILES string of the molecule is Cc1ccc(NC(=O)c2cc(-c3cccnc3)n[nH]2)c(C)c1. The maximum absolute atomic E-state index is 12.3. The molecule has 1 aromatic carbocycles. The van der Waals surface area contributed by atoms with E-state index in [9.17, 15) is 4.79 Å². The fourth-order valence-corrected chi connectivity index (χ4v) is 2.24. The third-order valence-corrected chi connectivity index (χ3v) is 3.41. The lowest BCUT2D eigenvalue weighted by Crippen LogP contribution is -2.13. The van der Waals surface area contributed by atoms with E-state index in [1.54, 1.807) is 18.5 Å². The second kappa shape index (κ2) is 5.81. The molecule has 2 N–H and O–H groups in total. The molecule has 0 fully saturated rings. The predicted octanol–water partition coefficient (Wildman–Crippen LogP) is 3.34. The average Bonchev–Trinajstić information content (AvgIpc) is 3.01. The number of rotatable bonds is 3. The molecular weight excluding hydrogens is 276 g/mol. The Kier molecular flexibility index (Phi) is 3.70. The van der Waals surface area contributed by atoms with Crippen LogP contribution in [-0.2, 0) is 0 Å². The monoisotopic (exact) mass is 292 g/mol. The zero-order valence-electron chi connectivity index (χ0n) is 12.4. The average molecular weight is 292 g/mol. The molecule has 1 amide bonds. The largest absolute Gasteiger partial charge is 0.320 e. The van der Waals surface area contributed by atoms with Crippen molar-refractivity contribution in [3.8, 4) is 11.3 Å². The van der Waals surface area contributed by atoms with Gasteiger partial charge in [-0.05, 0) is 43.7 Å². The fourth-order valence-electron chi connectivity index (χ4n) is 2.24. The first kappa shape index (κ1) is 14.0. The van der Waals surface area contributed by atoms with Crippen LogP contribution in [0.5, 0.6) is 0 Å². The second-order valence-corrected chi connectivity index (χ2v) is 5.18. The van der Waals surface area contributed by atoms with E-state index in [0.29, 0.717) is 11.4 Å². The van der Waals surface area contributed by atoms with Crippen LogP contribution in [0.25, 0.3) is 11.3 Å². The number of benzene rings is 1. The van der Waals surface area contributed by atoms with Gasteiger partial charge in [0.25, 0.3) is 5.91 Å². The van der Waals surface area contributed by atoms with Gasteiger partial charge in [-0.2, -0.15) is 5.10 Å². The van der Waals surface area contributed by atoms with Gasteiger partial charge in [-0.1, -0.05) is 17.7 Å². The van der Waals surface area contributed by atoms with Gasteiger partial charge in [-0.25, -0.2) is 0 Å². The van der Waals surface area contributed by atoms with Crippen LogP contribution >= 0.6 is 0 Å². The van der Waals surface area contributed by atoms with E-state index in [-0.39, 0.29) is 5.91 Å². The van der Waals surface area contributed by atoms with Crippen molar-refractivity contribution in [3.05, 3.63) is 65.6 Å². The molecule has 0 saturated heterocycles. The van der Waals surface area contributed by atoms with Gasteiger partial charge in [0, 0.05) is 23.6 Å². The van der Waals surface area contributed by atoms with Crippen LogP contribution in [0.3, 0.4) is 0 Å². The van der Waals surface area contributed by atoms with Crippen molar-refractivity contribution in [1.29, 1.82) is 0 Å². The Bertz CT molecular complexity index is 809. The number of nitrogens with zero attached hydrogens (tertiary/aromatic N) is 2. The number of H-pyrrole nitrogens is 1. The molecule has 3 rings (SSSR count). The molecule has 2 aromatic heterocycles. The minimum atomic E-state index is -0.213. The molecule has 5 nitrogen and oxygen atoms in total. The Morgan fingerprint density at radius 3 is 2.77 bits per heavy atom. The lowest BCUT2D eigenvalue weighted by atomic mass is 10.1. The number of aryl methyl sites for hydroxylation is 2. The zero-order chi connectivity index (χ0) is 15.5. The molecule has 5 heteroatoms. The Morgan fingerprint density at radius 1 is 1.18 bits per heavy atom. The van der Waals surface area contributed by atoms with Crippen LogP contribution in [0.2, 0.25) is 0 Å². The number of hydrogen-bond donors (Lipinski definition) is 2. The van der Waals surface area contributed by atoms with E-state index >= 15 is 0 Å². The molecule has 0 radical (unpaired) electrons. The normalized spacial score (nSPS) is 10.5. The fraction of sp³-hybridized carbons (Fsp3) is 0.118. The van der Waals surface area contributed by atoms with Gasteiger partial charge in [0.2, 0.25) is 0 Å². The third-order valence-electron chi connectivity index (χ3n) is 3.41. The number of anilines is 1. The summed E-state index contributed by atoms with van der Waals surface area (Å²) in [6.07, 6.45) is 3.41. The van der Waals surface area contributed by atoms with Crippen LogP contribution in [0.1, 0.15) is 21.6 Å². The lowest BCUT2D eigenvalue weighted by molar-refractivity contribution is 0.102. The summed E-state index contributed by atoms with van der Waals surface area (Å²) in [7, 11) is 0. The molecule has 0 unspecified atom stereocenters. The number of aromatic nitrogens is 3. The van der Waals surface area contributed by atoms with Crippen molar-refractivity contribution in [2.24, 2.45) is 0 Å². The van der Waals surface area contributed by atoms with E-state index in [1.165, 1.54) is 0 Å². The molecule has 110 valence electrons. The van der Waals surface area contributed by atoms with E-state index in [2.05, 4.69) is 20.5 Å². The number of pyridine rings is 1. The first-order valence-electron chi connectivity index (χ1n) is 6.98. The summed E-state index contributed by atoms with van der Waals surface area (Å²) in [4.78, 5) is 16.3. The van der Waals surface area contributed by atoms with Gasteiger partial charge in [-0.15, -0.1) is 0 Å². The number of carbonyl (C=O) groups is 1. The number of hydrogen-bond acceptors (Lipinski definition) is 3. The standard InChI is InChI=1S/C17H16N4O/c1-11-5-6-14(12(2)8-11)19-17(22)16-9-15(20-21-16)13-4-3-7-18-10-13/h3-10H,1-2H3,(H,19,22)(H,20,21). The second-order valence-electron chi connectivity index (χ2n) is 5.18. The Morgan fingerprint density at radius 2 is 2.05 bits per heavy atom. The number of amides is 1. The van der Waals surface area contributed by atoms with Crippen molar-refractivity contribution in [2.45, 2.75) is 13.8 Å². The minimum Gasteiger partial charge on any atom is -0.320 e. The first-order chi connectivity index (χ1) is 10.6. The van der Waals surface area contributed by atoms with Crippen LogP contribution < -0.4 is 5.32 Å². The molecule has 0 atom stereocenters. The van der Waals surface area contributed by atoms with Gasteiger partial charge in [-0.3, -0.25) is 14.9 Å². The van der Waals surface area contributed by atoms with Crippen molar-refractivity contribution in [2.75, 3.05) is 5.32 Å². The smallest absolute Gasteiger partial charge is 0.273 e. The summed E-state index contributed by atoms with van der Waals surface area (Å²) in [5.41, 5.74) is 4.96. The number of aromatic amines is 1. The summed E-state index contributed by atoms with van der Waals surface area (Å²) in [5, 5.41) is 9.82. The molecule has 0 spiro atoms. The van der Waals surface area contributed by atoms with Gasteiger partial charge in [0.1, 0.15) is 5.69 Å². The van der Waals surface area contributed by atoms with Crippen molar-refractivity contribution in [3.63, 3.8) is 0 Å². The highest BCUT2D eigenvalue weighted by Gasteiger charge is 2.12. The molecule has 3 aromatic rings. The minimum absolute atomic E-state index is 0.213. The summed E-state index contributed by atoms with van der Waals surface area (Å²) in [6.45, 7) is 3.99. The van der Waals surface area contributed by atoms with Crippen molar-refractivity contribution >= 4 is 11.6 Å². The highest BCUT2D eigenvalue weighted by molar-refractivity contribution is 6.03. The molecule has 0 bridgehead atoms.